The summed E-state index contributed by atoms with van der Waals surface area (Å²) in [5.74, 6) is 0.680. The van der Waals surface area contributed by atoms with Gasteiger partial charge >= 0.3 is 0 Å². The number of hydrogen-bond acceptors (Lipinski definition) is 2. The third kappa shape index (κ3) is 3.00. The summed E-state index contributed by atoms with van der Waals surface area (Å²) in [5, 5.41) is 8.84. The molecule has 3 nitrogen and oxygen atoms in total. The summed E-state index contributed by atoms with van der Waals surface area (Å²) in [7, 11) is 0. The highest BCUT2D eigenvalue weighted by atomic mass is 127. The normalized spacial score (nSPS) is 17.5. The fraction of sp³-hybridized carbons (Fsp3) is 0.222. The molecule has 2 aromatic rings. The van der Waals surface area contributed by atoms with Gasteiger partial charge in [-0.05, 0) is 41.3 Å². The molecule has 4 heteroatoms. The van der Waals surface area contributed by atoms with Gasteiger partial charge in [0.15, 0.2) is 0 Å². The van der Waals surface area contributed by atoms with E-state index in [1.54, 1.807) is 0 Å². The molecule has 0 N–H and O–H groups in total. The lowest BCUT2D eigenvalue weighted by atomic mass is 10.0. The second-order valence-electron chi connectivity index (χ2n) is 5.46. The summed E-state index contributed by atoms with van der Waals surface area (Å²) in [6, 6.07) is 17.7. The first-order chi connectivity index (χ1) is 10.7. The number of hydrogen-bond donors (Lipinski definition) is 0. The van der Waals surface area contributed by atoms with E-state index in [2.05, 4.69) is 28.7 Å². The SMILES string of the molecule is N#Cc1ccc(-c2ccc(N3CC(CI)CC3=O)cc2)cc1. The summed E-state index contributed by atoms with van der Waals surface area (Å²) in [4.78, 5) is 13.9. The van der Waals surface area contributed by atoms with Crippen LogP contribution in [0.25, 0.3) is 11.1 Å². The molecular formula is C18H15IN2O. The highest BCUT2D eigenvalue weighted by Gasteiger charge is 2.29. The summed E-state index contributed by atoms with van der Waals surface area (Å²) < 4.78 is 1.02. The van der Waals surface area contributed by atoms with Crippen LogP contribution in [-0.2, 0) is 4.79 Å². The zero-order valence-electron chi connectivity index (χ0n) is 12.0. The number of halogens is 1. The first-order valence-corrected chi connectivity index (χ1v) is 8.71. The zero-order chi connectivity index (χ0) is 15.5. The molecule has 1 aliphatic rings. The number of nitrogens with zero attached hydrogens (tertiary/aromatic N) is 2. The van der Waals surface area contributed by atoms with E-state index in [1.807, 2.05) is 53.4 Å². The molecule has 2 aromatic carbocycles. The van der Waals surface area contributed by atoms with Crippen LogP contribution in [0.2, 0.25) is 0 Å². The van der Waals surface area contributed by atoms with Crippen LogP contribution in [-0.4, -0.2) is 16.9 Å². The van der Waals surface area contributed by atoms with Crippen molar-refractivity contribution >= 4 is 34.2 Å². The number of amides is 1. The largest absolute Gasteiger partial charge is 0.312 e. The Morgan fingerprint density at radius 1 is 1.09 bits per heavy atom. The standard InChI is InChI=1S/C18H15IN2O/c19-10-14-9-18(22)21(12-14)17-7-5-16(6-8-17)15-3-1-13(11-20)2-4-15/h1-8,14H,9-10,12H2. The Morgan fingerprint density at radius 3 is 2.18 bits per heavy atom. The Kier molecular flexibility index (Phi) is 4.44. The second kappa shape index (κ2) is 6.49. The minimum Gasteiger partial charge on any atom is -0.312 e. The van der Waals surface area contributed by atoms with E-state index in [4.69, 9.17) is 5.26 Å². The van der Waals surface area contributed by atoms with Gasteiger partial charge < -0.3 is 4.90 Å². The molecule has 1 amide bonds. The van der Waals surface area contributed by atoms with Crippen molar-refractivity contribution in [1.82, 2.24) is 0 Å². The summed E-state index contributed by atoms with van der Waals surface area (Å²) in [6.45, 7) is 0.817. The van der Waals surface area contributed by atoms with Gasteiger partial charge in [0.05, 0.1) is 11.6 Å². The minimum absolute atomic E-state index is 0.216. The summed E-state index contributed by atoms with van der Waals surface area (Å²) in [5.41, 5.74) is 3.79. The van der Waals surface area contributed by atoms with E-state index in [1.165, 1.54) is 0 Å². The Morgan fingerprint density at radius 2 is 1.68 bits per heavy atom. The molecule has 1 unspecified atom stereocenters. The van der Waals surface area contributed by atoms with Crippen LogP contribution < -0.4 is 4.90 Å². The Hall–Kier alpha value is -1.87. The smallest absolute Gasteiger partial charge is 0.227 e. The molecule has 0 saturated carbocycles. The van der Waals surface area contributed by atoms with Crippen molar-refractivity contribution in [3.63, 3.8) is 0 Å². The highest BCUT2D eigenvalue weighted by Crippen LogP contribution is 2.28. The molecule has 0 aromatic heterocycles. The molecular weight excluding hydrogens is 387 g/mol. The number of alkyl halides is 1. The van der Waals surface area contributed by atoms with Gasteiger partial charge in [-0.15, -0.1) is 0 Å². The molecule has 0 radical (unpaired) electrons. The van der Waals surface area contributed by atoms with Crippen LogP contribution in [0.15, 0.2) is 48.5 Å². The molecule has 0 spiro atoms. The van der Waals surface area contributed by atoms with Crippen molar-refractivity contribution in [2.24, 2.45) is 5.92 Å². The zero-order valence-corrected chi connectivity index (χ0v) is 14.2. The number of anilines is 1. The average Bonchev–Trinajstić information content (AvgIpc) is 2.96. The van der Waals surface area contributed by atoms with Gasteiger partial charge in [-0.3, -0.25) is 4.79 Å². The third-order valence-corrected chi connectivity index (χ3v) is 5.20. The van der Waals surface area contributed by atoms with Gasteiger partial charge in [0.25, 0.3) is 0 Å². The molecule has 0 aliphatic carbocycles. The highest BCUT2D eigenvalue weighted by molar-refractivity contribution is 14.1. The van der Waals surface area contributed by atoms with Crippen molar-refractivity contribution in [2.75, 3.05) is 15.9 Å². The maximum absolute atomic E-state index is 12.1. The van der Waals surface area contributed by atoms with E-state index >= 15 is 0 Å². The number of carbonyl (C=O) groups excluding carboxylic acids is 1. The maximum atomic E-state index is 12.1. The number of carbonyl (C=O) groups is 1. The van der Waals surface area contributed by atoms with Crippen molar-refractivity contribution in [3.05, 3.63) is 54.1 Å². The van der Waals surface area contributed by atoms with Crippen molar-refractivity contribution in [3.8, 4) is 17.2 Å². The minimum atomic E-state index is 0.216. The fourth-order valence-corrected chi connectivity index (χ4v) is 3.30. The Labute approximate surface area is 143 Å². The van der Waals surface area contributed by atoms with Gasteiger partial charge in [0, 0.05) is 23.1 Å². The van der Waals surface area contributed by atoms with Crippen molar-refractivity contribution < 1.29 is 4.79 Å². The van der Waals surface area contributed by atoms with E-state index in [0.29, 0.717) is 17.9 Å². The number of rotatable bonds is 3. The van der Waals surface area contributed by atoms with Crippen molar-refractivity contribution in [1.29, 1.82) is 5.26 Å². The van der Waals surface area contributed by atoms with E-state index in [0.717, 1.165) is 27.8 Å². The molecule has 1 aliphatic heterocycles. The topological polar surface area (TPSA) is 44.1 Å². The first kappa shape index (κ1) is 15.0. The van der Waals surface area contributed by atoms with Gasteiger partial charge in [-0.1, -0.05) is 46.9 Å². The molecule has 110 valence electrons. The lowest BCUT2D eigenvalue weighted by molar-refractivity contribution is -0.117. The number of nitriles is 1. The summed E-state index contributed by atoms with van der Waals surface area (Å²) >= 11 is 2.35. The maximum Gasteiger partial charge on any atom is 0.227 e. The van der Waals surface area contributed by atoms with Gasteiger partial charge in [-0.2, -0.15) is 5.26 Å². The van der Waals surface area contributed by atoms with Crippen LogP contribution >= 0.6 is 22.6 Å². The average molecular weight is 402 g/mol. The van der Waals surface area contributed by atoms with Crippen LogP contribution in [0.1, 0.15) is 12.0 Å². The Bertz CT molecular complexity index is 716. The molecule has 1 atom stereocenters. The van der Waals surface area contributed by atoms with Crippen LogP contribution in [0.5, 0.6) is 0 Å². The predicted molar refractivity (Wildman–Crippen MR) is 95.9 cm³/mol. The number of benzene rings is 2. The Balaban J connectivity index is 1.81. The van der Waals surface area contributed by atoms with E-state index in [9.17, 15) is 4.79 Å². The first-order valence-electron chi connectivity index (χ1n) is 7.18. The van der Waals surface area contributed by atoms with E-state index in [-0.39, 0.29) is 5.91 Å². The van der Waals surface area contributed by atoms with Crippen LogP contribution in [0.3, 0.4) is 0 Å². The quantitative estimate of drug-likeness (QED) is 0.575. The third-order valence-electron chi connectivity index (χ3n) is 3.95. The van der Waals surface area contributed by atoms with E-state index < -0.39 is 0 Å². The molecule has 3 rings (SSSR count). The van der Waals surface area contributed by atoms with Gasteiger partial charge in [0.2, 0.25) is 5.91 Å². The predicted octanol–water partition coefficient (Wildman–Crippen LogP) is 4.01. The van der Waals surface area contributed by atoms with Gasteiger partial charge in [-0.25, -0.2) is 0 Å². The van der Waals surface area contributed by atoms with Gasteiger partial charge in [0.1, 0.15) is 0 Å². The molecule has 0 bridgehead atoms. The van der Waals surface area contributed by atoms with Crippen LogP contribution in [0.4, 0.5) is 5.69 Å². The lowest BCUT2D eigenvalue weighted by Crippen LogP contribution is -2.24. The molecule has 1 fully saturated rings. The monoisotopic (exact) mass is 402 g/mol. The molecule has 1 heterocycles. The lowest BCUT2D eigenvalue weighted by Gasteiger charge is -2.17. The fourth-order valence-electron chi connectivity index (χ4n) is 2.71. The molecule has 22 heavy (non-hydrogen) atoms. The second-order valence-corrected chi connectivity index (χ2v) is 6.35. The van der Waals surface area contributed by atoms with Crippen molar-refractivity contribution in [2.45, 2.75) is 6.42 Å². The summed E-state index contributed by atoms with van der Waals surface area (Å²) in [6.07, 6.45) is 0.653. The van der Waals surface area contributed by atoms with Crippen LogP contribution in [0, 0.1) is 17.2 Å². The molecule has 1 saturated heterocycles.